The maximum absolute atomic E-state index is 4.78. The van der Waals surface area contributed by atoms with Crippen LogP contribution in [0.15, 0.2) is 72.3 Å². The summed E-state index contributed by atoms with van der Waals surface area (Å²) in [4.78, 5) is 7.22. The Kier molecular flexibility index (Phi) is 3.09. The number of pyridine rings is 1. The van der Waals surface area contributed by atoms with Gasteiger partial charge in [0.1, 0.15) is 10.8 Å². The zero-order chi connectivity index (χ0) is 23.1. The van der Waals surface area contributed by atoms with E-state index in [9.17, 15) is 0 Å². The molecule has 0 saturated heterocycles. The highest BCUT2D eigenvalue weighted by atomic mass is 32.1. The van der Waals surface area contributed by atoms with Crippen LogP contribution in [0.5, 0.6) is 0 Å². The smallest absolute Gasteiger partial charge is 0.133 e. The molecule has 0 saturated carbocycles. The first kappa shape index (κ1) is 18.4. The highest BCUT2D eigenvalue weighted by Crippen LogP contribution is 2.56. The molecule has 5 heterocycles. The molecule has 168 valence electrons. The number of fused-ring (bicyclic) bond motifs is 1. The van der Waals surface area contributed by atoms with Crippen LogP contribution >= 0.6 is 22.7 Å². The van der Waals surface area contributed by atoms with Crippen LogP contribution in [0, 0.1) is 0 Å². The highest BCUT2D eigenvalue weighted by Gasteiger charge is 2.38. The predicted molar refractivity (Wildman–Crippen MR) is 153 cm³/mol. The summed E-state index contributed by atoms with van der Waals surface area (Å²) in [6, 6.07) is 20.4. The minimum absolute atomic E-state index is 0.164. The van der Waals surface area contributed by atoms with Crippen LogP contribution in [-0.2, 0) is 6.42 Å². The molecule has 2 aliphatic carbocycles. The molecule has 0 radical (unpaired) electrons. The van der Waals surface area contributed by atoms with E-state index < -0.39 is 0 Å². The average Bonchev–Trinajstić information content (AvgIpc) is 3.67. The van der Waals surface area contributed by atoms with Crippen molar-refractivity contribution in [3.05, 3.63) is 94.3 Å². The normalized spacial score (nSPS) is 17.1. The molecule has 5 heteroatoms. The first-order valence-electron chi connectivity index (χ1n) is 12.3. The molecule has 36 heavy (non-hydrogen) atoms. The van der Waals surface area contributed by atoms with Crippen LogP contribution in [0.4, 0.5) is 11.5 Å². The Balaban J connectivity index is 1.44. The summed E-state index contributed by atoms with van der Waals surface area (Å²) in [5, 5.41) is 12.0. The monoisotopic (exact) mass is 495 g/mol. The molecule has 0 bridgehead atoms. The number of nitrogens with zero attached hydrogens (tertiary/aromatic N) is 3. The molecule has 0 spiro atoms. The van der Waals surface area contributed by atoms with Gasteiger partial charge in [-0.3, -0.25) is 0 Å². The Bertz CT molecular complexity index is 2160. The number of hydrogen-bond acceptors (Lipinski definition) is 4. The molecule has 0 fully saturated rings. The maximum atomic E-state index is 4.78. The molecule has 3 aliphatic rings. The highest BCUT2D eigenvalue weighted by molar-refractivity contribution is 7.28. The molecule has 0 amide bonds. The van der Waals surface area contributed by atoms with Crippen molar-refractivity contribution in [2.24, 2.45) is 0 Å². The van der Waals surface area contributed by atoms with Crippen molar-refractivity contribution in [2.75, 3.05) is 4.90 Å². The van der Waals surface area contributed by atoms with E-state index in [0.29, 0.717) is 0 Å². The molecular formula is C31H17N3S2. The first-order valence-corrected chi connectivity index (χ1v) is 14.0. The van der Waals surface area contributed by atoms with Crippen molar-refractivity contribution in [1.29, 1.82) is 0 Å². The number of aromatic nitrogens is 2. The molecule has 0 N–H and O–H groups in total. The lowest BCUT2D eigenvalue weighted by atomic mass is 9.83. The van der Waals surface area contributed by atoms with Gasteiger partial charge in [0.25, 0.3) is 0 Å². The third-order valence-corrected chi connectivity index (χ3v) is 10.4. The van der Waals surface area contributed by atoms with Gasteiger partial charge in [0.15, 0.2) is 0 Å². The number of rotatable bonds is 2. The number of thiophene rings is 2. The van der Waals surface area contributed by atoms with Crippen LogP contribution in [0.3, 0.4) is 0 Å². The third kappa shape index (κ3) is 1.95. The third-order valence-electron chi connectivity index (χ3n) is 8.31. The van der Waals surface area contributed by atoms with Crippen molar-refractivity contribution in [3.63, 3.8) is 0 Å². The van der Waals surface area contributed by atoms with Crippen LogP contribution in [0.2, 0.25) is 0 Å². The van der Waals surface area contributed by atoms with Gasteiger partial charge in [-0.25, -0.2) is 4.98 Å². The Hall–Kier alpha value is -3.93. The first-order chi connectivity index (χ1) is 17.9. The van der Waals surface area contributed by atoms with Gasteiger partial charge in [0, 0.05) is 31.8 Å². The van der Waals surface area contributed by atoms with Gasteiger partial charge in [-0.1, -0.05) is 36.4 Å². The quantitative estimate of drug-likeness (QED) is 0.227. The Morgan fingerprint density at radius 2 is 1.89 bits per heavy atom. The fraction of sp³-hybridized carbons (Fsp3) is 0.0645. The lowest BCUT2D eigenvalue weighted by Crippen LogP contribution is -2.19. The van der Waals surface area contributed by atoms with Crippen LogP contribution in [-0.4, -0.2) is 9.55 Å². The molecule has 1 aliphatic heterocycles. The fourth-order valence-electron chi connectivity index (χ4n) is 7.00. The van der Waals surface area contributed by atoms with Gasteiger partial charge in [0.2, 0.25) is 0 Å². The van der Waals surface area contributed by atoms with E-state index in [1.54, 1.807) is 0 Å². The number of hydrogen-bond donors (Lipinski definition) is 0. The second-order valence-electron chi connectivity index (χ2n) is 9.93. The van der Waals surface area contributed by atoms with Crippen molar-refractivity contribution >= 4 is 88.2 Å². The van der Waals surface area contributed by atoms with Crippen molar-refractivity contribution in [3.8, 4) is 5.00 Å². The zero-order valence-electron chi connectivity index (χ0n) is 19.0. The van der Waals surface area contributed by atoms with E-state index in [-0.39, 0.29) is 6.04 Å². The van der Waals surface area contributed by atoms with Crippen LogP contribution in [0.25, 0.3) is 59.0 Å². The van der Waals surface area contributed by atoms with E-state index in [1.807, 2.05) is 34.9 Å². The van der Waals surface area contributed by atoms with E-state index >= 15 is 0 Å². The Labute approximate surface area is 213 Å². The van der Waals surface area contributed by atoms with Gasteiger partial charge < -0.3 is 9.47 Å². The SMILES string of the molecule is C1=CC2c3c4c(ccc5c4c4c(n(-c6cc7sccc7s6)c6ccc1c3c46)=CC5)N2c1ccccn1. The molecular weight excluding hydrogens is 478 g/mol. The second-order valence-corrected chi connectivity index (χ2v) is 11.9. The Morgan fingerprint density at radius 3 is 2.81 bits per heavy atom. The number of anilines is 2. The molecule has 3 nitrogen and oxygen atoms in total. The average molecular weight is 496 g/mol. The Morgan fingerprint density at radius 1 is 0.889 bits per heavy atom. The van der Waals surface area contributed by atoms with Crippen LogP contribution < -0.4 is 10.2 Å². The van der Waals surface area contributed by atoms with Gasteiger partial charge >= 0.3 is 0 Å². The number of benzene rings is 3. The summed E-state index contributed by atoms with van der Waals surface area (Å²) in [6.07, 6.45) is 10.0. The zero-order valence-corrected chi connectivity index (χ0v) is 20.7. The van der Waals surface area contributed by atoms with Gasteiger partial charge in [0.05, 0.1) is 22.6 Å². The van der Waals surface area contributed by atoms with Crippen molar-refractivity contribution in [1.82, 2.24) is 9.55 Å². The van der Waals surface area contributed by atoms with Crippen molar-refractivity contribution < 1.29 is 0 Å². The minimum atomic E-state index is 0.164. The fourth-order valence-corrected chi connectivity index (χ4v) is 9.13. The molecule has 7 aromatic rings. The van der Waals surface area contributed by atoms with E-state index in [1.165, 1.54) is 74.6 Å². The molecule has 1 unspecified atom stereocenters. The van der Waals surface area contributed by atoms with Gasteiger partial charge in [-0.15, -0.1) is 22.7 Å². The lowest BCUT2D eigenvalue weighted by Gasteiger charge is -2.27. The van der Waals surface area contributed by atoms with E-state index in [2.05, 4.69) is 81.6 Å². The van der Waals surface area contributed by atoms with E-state index in [4.69, 9.17) is 4.98 Å². The molecule has 4 aromatic heterocycles. The van der Waals surface area contributed by atoms with Gasteiger partial charge in [-0.05, 0) is 75.7 Å². The van der Waals surface area contributed by atoms with E-state index in [0.717, 1.165) is 12.2 Å². The standard InChI is InChI=1S/C31H17N3S2/c1-2-13-32-24(3-1)33-18-8-4-16-6-10-20-30-26(16)28(18)29-19(33)9-5-17-7-11-21(31(30)27(17)29)34(20)25-15-23-22(36-25)12-14-35-23/h1-6,8-15,18H,7H2. The molecule has 1 atom stereocenters. The summed E-state index contributed by atoms with van der Waals surface area (Å²) >= 11 is 3.74. The summed E-state index contributed by atoms with van der Waals surface area (Å²) in [7, 11) is 0. The predicted octanol–water partition coefficient (Wildman–Crippen LogP) is 7.88. The topological polar surface area (TPSA) is 21.1 Å². The summed E-state index contributed by atoms with van der Waals surface area (Å²) < 4.78 is 5.29. The summed E-state index contributed by atoms with van der Waals surface area (Å²) in [5.74, 6) is 1.01. The molecule has 10 rings (SSSR count). The summed E-state index contributed by atoms with van der Waals surface area (Å²) in [5.41, 5.74) is 6.83. The lowest BCUT2D eigenvalue weighted by molar-refractivity contribution is 0.877. The summed E-state index contributed by atoms with van der Waals surface area (Å²) in [6.45, 7) is 0. The van der Waals surface area contributed by atoms with Crippen LogP contribution in [0.1, 0.15) is 22.7 Å². The van der Waals surface area contributed by atoms with Crippen molar-refractivity contribution in [2.45, 2.75) is 12.5 Å². The maximum Gasteiger partial charge on any atom is 0.133 e. The van der Waals surface area contributed by atoms with Gasteiger partial charge in [-0.2, -0.15) is 0 Å². The second kappa shape index (κ2) is 6.06. The molecule has 3 aromatic carbocycles. The largest absolute Gasteiger partial charge is 0.315 e. The minimum Gasteiger partial charge on any atom is -0.315 e.